The lowest BCUT2D eigenvalue weighted by Gasteiger charge is -2.15. The Labute approximate surface area is 122 Å². The van der Waals surface area contributed by atoms with Gasteiger partial charge in [0.25, 0.3) is 0 Å². The van der Waals surface area contributed by atoms with E-state index in [1.807, 2.05) is 16.9 Å². The number of hydrogen-bond donors (Lipinski definition) is 0. The van der Waals surface area contributed by atoms with Crippen molar-refractivity contribution in [2.45, 2.75) is 32.4 Å². The van der Waals surface area contributed by atoms with Gasteiger partial charge in [-0.15, -0.1) is 0 Å². The summed E-state index contributed by atoms with van der Waals surface area (Å²) in [4.78, 5) is 4.12. The van der Waals surface area contributed by atoms with Gasteiger partial charge in [0.15, 0.2) is 0 Å². The zero-order valence-corrected chi connectivity index (χ0v) is 14.1. The summed E-state index contributed by atoms with van der Waals surface area (Å²) in [5.41, 5.74) is 1.09. The predicted octanol–water partition coefficient (Wildman–Crippen LogP) is 3.35. The smallest absolute Gasteiger partial charge is 0.140 e. The van der Waals surface area contributed by atoms with E-state index in [-0.39, 0.29) is 0 Å². The molecule has 0 fully saturated rings. The fraction of sp³-hybridized carbons (Fsp3) is 0.500. The Bertz CT molecular complexity index is 536. The van der Waals surface area contributed by atoms with Crippen LogP contribution in [0, 0.1) is 3.70 Å². The van der Waals surface area contributed by atoms with Crippen molar-refractivity contribution in [1.82, 2.24) is 14.8 Å². The summed E-state index contributed by atoms with van der Waals surface area (Å²) < 4.78 is 8.61. The lowest BCUT2D eigenvalue weighted by molar-refractivity contribution is 0.0814. The third-order valence-electron chi connectivity index (χ3n) is 2.72. The van der Waals surface area contributed by atoms with Crippen LogP contribution in [0.4, 0.5) is 0 Å². The first-order chi connectivity index (χ1) is 8.47. The number of pyridine rings is 1. The lowest BCUT2D eigenvalue weighted by Crippen LogP contribution is -2.22. The first-order valence-corrected chi connectivity index (χ1v) is 10.8. The van der Waals surface area contributed by atoms with Gasteiger partial charge in [-0.25, -0.2) is 4.68 Å². The molecule has 0 amide bonds. The fourth-order valence-corrected chi connectivity index (χ4v) is 3.05. The molecule has 18 heavy (non-hydrogen) atoms. The van der Waals surface area contributed by atoms with Crippen molar-refractivity contribution in [3.05, 3.63) is 22.2 Å². The summed E-state index contributed by atoms with van der Waals surface area (Å²) in [5.74, 6) is 0. The molecule has 0 aromatic carbocycles. The van der Waals surface area contributed by atoms with E-state index in [9.17, 15) is 0 Å². The average Bonchev–Trinajstić information content (AvgIpc) is 2.62. The first-order valence-electron chi connectivity index (χ1n) is 6.01. The van der Waals surface area contributed by atoms with E-state index >= 15 is 0 Å². The Morgan fingerprint density at radius 3 is 2.89 bits per heavy atom. The average molecular weight is 375 g/mol. The molecule has 0 N–H and O–H groups in total. The lowest BCUT2D eigenvalue weighted by atomic mass is 10.3. The second kappa shape index (κ2) is 5.66. The number of hydrogen-bond acceptors (Lipinski definition) is 3. The molecule has 2 aromatic rings. The third-order valence-corrected chi connectivity index (χ3v) is 5.22. The van der Waals surface area contributed by atoms with E-state index in [0.29, 0.717) is 6.73 Å². The highest BCUT2D eigenvalue weighted by Gasteiger charge is 2.12. The van der Waals surface area contributed by atoms with E-state index in [2.05, 4.69) is 52.3 Å². The van der Waals surface area contributed by atoms with E-state index < -0.39 is 8.07 Å². The maximum absolute atomic E-state index is 5.73. The maximum Gasteiger partial charge on any atom is 0.140 e. The Morgan fingerprint density at radius 2 is 2.17 bits per heavy atom. The summed E-state index contributed by atoms with van der Waals surface area (Å²) in [5, 5.41) is 5.56. The number of halogens is 1. The van der Waals surface area contributed by atoms with E-state index in [4.69, 9.17) is 4.74 Å². The quantitative estimate of drug-likeness (QED) is 0.457. The Hall–Kier alpha value is -0.473. The largest absolute Gasteiger partial charge is 0.360 e. The Balaban J connectivity index is 2.00. The van der Waals surface area contributed by atoms with Gasteiger partial charge < -0.3 is 4.74 Å². The van der Waals surface area contributed by atoms with Gasteiger partial charge in [-0.05, 0) is 34.7 Å². The van der Waals surface area contributed by atoms with Crippen LogP contribution in [-0.2, 0) is 11.5 Å². The highest BCUT2D eigenvalue weighted by molar-refractivity contribution is 14.1. The molecule has 2 aromatic heterocycles. The normalized spacial score (nSPS) is 12.2. The first kappa shape index (κ1) is 13.9. The molecule has 0 unspecified atom stereocenters. The second-order valence-corrected chi connectivity index (χ2v) is 12.2. The molecule has 6 heteroatoms. The topological polar surface area (TPSA) is 39.9 Å². The molecule has 0 spiro atoms. The highest BCUT2D eigenvalue weighted by atomic mass is 127. The summed E-state index contributed by atoms with van der Waals surface area (Å²) in [6, 6.07) is 3.16. The van der Waals surface area contributed by atoms with Crippen LogP contribution in [0.25, 0.3) is 10.9 Å². The van der Waals surface area contributed by atoms with E-state index in [1.54, 1.807) is 6.20 Å². The molecule has 0 aliphatic heterocycles. The molecule has 2 heterocycles. The summed E-state index contributed by atoms with van der Waals surface area (Å²) in [6.07, 6.45) is 3.64. The van der Waals surface area contributed by atoms with Crippen LogP contribution >= 0.6 is 22.6 Å². The monoisotopic (exact) mass is 375 g/mol. The summed E-state index contributed by atoms with van der Waals surface area (Å²) in [6.45, 7) is 8.41. The van der Waals surface area contributed by atoms with Crippen molar-refractivity contribution in [2.75, 3.05) is 6.61 Å². The zero-order valence-electron chi connectivity index (χ0n) is 11.0. The fourth-order valence-electron chi connectivity index (χ4n) is 1.61. The number of aromatic nitrogens is 3. The molecule has 0 radical (unpaired) electrons. The Kier molecular flexibility index (Phi) is 4.39. The van der Waals surface area contributed by atoms with Crippen LogP contribution in [0.5, 0.6) is 0 Å². The van der Waals surface area contributed by atoms with Crippen LogP contribution in [-0.4, -0.2) is 29.4 Å². The summed E-state index contributed by atoms with van der Waals surface area (Å²) in [7, 11) is -1.01. The van der Waals surface area contributed by atoms with Crippen molar-refractivity contribution in [3.63, 3.8) is 0 Å². The molecule has 0 saturated heterocycles. The zero-order chi connectivity index (χ0) is 13.2. The van der Waals surface area contributed by atoms with Gasteiger partial charge in [0.05, 0.1) is 10.9 Å². The SMILES string of the molecule is C[Si](C)(C)CCOCn1nc(I)c2cnccc21. The molecule has 0 aliphatic rings. The predicted molar refractivity (Wildman–Crippen MR) is 84.4 cm³/mol. The van der Waals surface area contributed by atoms with E-state index in [1.165, 1.54) is 6.04 Å². The van der Waals surface area contributed by atoms with Crippen molar-refractivity contribution in [1.29, 1.82) is 0 Å². The minimum absolute atomic E-state index is 0.522. The van der Waals surface area contributed by atoms with Gasteiger partial charge in [-0.2, -0.15) is 5.10 Å². The van der Waals surface area contributed by atoms with Gasteiger partial charge in [-0.3, -0.25) is 4.98 Å². The van der Waals surface area contributed by atoms with Crippen molar-refractivity contribution in [2.24, 2.45) is 0 Å². The molecule has 0 atom stereocenters. The van der Waals surface area contributed by atoms with Crippen LogP contribution < -0.4 is 0 Å². The molecule has 0 aliphatic carbocycles. The molecular formula is C12H18IN3OSi. The van der Waals surface area contributed by atoms with Crippen LogP contribution in [0.3, 0.4) is 0 Å². The third kappa shape index (κ3) is 3.52. The van der Waals surface area contributed by atoms with Gasteiger partial charge in [0.1, 0.15) is 10.4 Å². The number of rotatable bonds is 5. The van der Waals surface area contributed by atoms with Gasteiger partial charge in [-0.1, -0.05) is 19.6 Å². The molecular weight excluding hydrogens is 357 g/mol. The molecule has 0 bridgehead atoms. The Morgan fingerprint density at radius 1 is 1.39 bits per heavy atom. The number of fused-ring (bicyclic) bond motifs is 1. The molecule has 0 saturated carbocycles. The van der Waals surface area contributed by atoms with Crippen LogP contribution in [0.2, 0.25) is 25.7 Å². The maximum atomic E-state index is 5.73. The highest BCUT2D eigenvalue weighted by Crippen LogP contribution is 2.18. The van der Waals surface area contributed by atoms with E-state index in [0.717, 1.165) is 21.2 Å². The standard InChI is InChI=1S/C12H18IN3OSi/c1-18(2,3)7-6-17-9-16-11-4-5-14-8-10(11)12(13)15-16/h4-5,8H,6-7,9H2,1-3H3. The van der Waals surface area contributed by atoms with Crippen LogP contribution in [0.15, 0.2) is 18.5 Å². The molecule has 98 valence electrons. The number of nitrogens with zero attached hydrogens (tertiary/aromatic N) is 3. The van der Waals surface area contributed by atoms with Crippen molar-refractivity contribution < 1.29 is 4.74 Å². The minimum Gasteiger partial charge on any atom is -0.360 e. The summed E-state index contributed by atoms with van der Waals surface area (Å²) >= 11 is 2.23. The molecule has 2 rings (SSSR count). The minimum atomic E-state index is -1.01. The second-order valence-electron chi connectivity index (χ2n) is 5.53. The molecule has 4 nitrogen and oxygen atoms in total. The van der Waals surface area contributed by atoms with Gasteiger partial charge in [0.2, 0.25) is 0 Å². The van der Waals surface area contributed by atoms with Crippen molar-refractivity contribution in [3.8, 4) is 0 Å². The van der Waals surface area contributed by atoms with Gasteiger partial charge >= 0.3 is 0 Å². The van der Waals surface area contributed by atoms with Gasteiger partial charge in [0, 0.05) is 27.1 Å². The van der Waals surface area contributed by atoms with Crippen LogP contribution in [0.1, 0.15) is 0 Å². The number of ether oxygens (including phenoxy) is 1. The van der Waals surface area contributed by atoms with Crippen molar-refractivity contribution >= 4 is 41.6 Å².